The van der Waals surface area contributed by atoms with Crippen molar-refractivity contribution in [2.45, 2.75) is 19.8 Å². The van der Waals surface area contributed by atoms with Gasteiger partial charge in [0.15, 0.2) is 0 Å². The van der Waals surface area contributed by atoms with Crippen molar-refractivity contribution >= 4 is 45.2 Å². The summed E-state index contributed by atoms with van der Waals surface area (Å²) in [7, 11) is 0. The number of rotatable bonds is 3. The third-order valence-electron chi connectivity index (χ3n) is 4.40. The van der Waals surface area contributed by atoms with E-state index in [1.54, 1.807) is 35.4 Å². The monoisotopic (exact) mass is 435 g/mol. The van der Waals surface area contributed by atoms with E-state index in [2.05, 4.69) is 26.2 Å². The van der Waals surface area contributed by atoms with Crippen LogP contribution in [0, 0.1) is 12.8 Å². The van der Waals surface area contributed by atoms with Crippen LogP contribution < -0.4 is 5.32 Å². The van der Waals surface area contributed by atoms with Gasteiger partial charge in [0.2, 0.25) is 5.91 Å². The molecule has 1 atom stereocenters. The molecule has 2 amide bonds. The number of piperidine rings is 1. The van der Waals surface area contributed by atoms with E-state index in [1.165, 1.54) is 0 Å². The van der Waals surface area contributed by atoms with Crippen molar-refractivity contribution in [1.82, 2.24) is 9.88 Å². The predicted octanol–water partition coefficient (Wildman–Crippen LogP) is 4.30. The molecule has 0 aliphatic carbocycles. The summed E-state index contributed by atoms with van der Waals surface area (Å²) in [5.41, 5.74) is 1.54. The Labute approximate surface area is 165 Å². The lowest BCUT2D eigenvalue weighted by atomic mass is 9.96. The second kappa shape index (κ2) is 8.18. The van der Waals surface area contributed by atoms with Gasteiger partial charge in [-0.1, -0.05) is 17.7 Å². The largest absolute Gasteiger partial charge is 0.338 e. The number of pyridine rings is 1. The maximum atomic E-state index is 12.8. The molecule has 1 N–H and O–H groups in total. The number of aryl methyl sites for hydroxylation is 1. The van der Waals surface area contributed by atoms with Gasteiger partial charge in [0.25, 0.3) is 5.91 Å². The van der Waals surface area contributed by atoms with Crippen molar-refractivity contribution in [2.75, 3.05) is 18.4 Å². The molecule has 0 radical (unpaired) electrons. The lowest BCUT2D eigenvalue weighted by Crippen LogP contribution is -2.44. The molecule has 3 rings (SSSR count). The zero-order valence-corrected chi connectivity index (χ0v) is 16.7. The smallest absolute Gasteiger partial charge is 0.255 e. The second-order valence-corrected chi connectivity index (χ2v) is 7.72. The number of carbonyl (C=O) groups excluding carboxylic acids is 2. The van der Waals surface area contributed by atoms with E-state index in [0.717, 1.165) is 18.4 Å². The Bertz CT molecular complexity index is 826. The van der Waals surface area contributed by atoms with Gasteiger partial charge < -0.3 is 10.2 Å². The average molecular weight is 437 g/mol. The molecule has 1 saturated heterocycles. The van der Waals surface area contributed by atoms with E-state index < -0.39 is 0 Å². The highest BCUT2D eigenvalue weighted by Crippen LogP contribution is 2.25. The van der Waals surface area contributed by atoms with Gasteiger partial charge in [0.05, 0.1) is 11.5 Å². The maximum Gasteiger partial charge on any atom is 0.255 e. The first kappa shape index (κ1) is 18.9. The van der Waals surface area contributed by atoms with Gasteiger partial charge in [-0.3, -0.25) is 9.59 Å². The number of halogens is 2. The lowest BCUT2D eigenvalue weighted by Gasteiger charge is -2.32. The molecule has 5 nitrogen and oxygen atoms in total. The van der Waals surface area contributed by atoms with Crippen LogP contribution in [0.5, 0.6) is 0 Å². The Hall–Kier alpha value is -1.92. The highest BCUT2D eigenvalue weighted by molar-refractivity contribution is 9.10. The quantitative estimate of drug-likeness (QED) is 0.780. The zero-order chi connectivity index (χ0) is 18.7. The first-order chi connectivity index (χ1) is 12.4. The van der Waals surface area contributed by atoms with Crippen LogP contribution in [0.3, 0.4) is 0 Å². The first-order valence-electron chi connectivity index (χ1n) is 8.42. The fraction of sp³-hybridized carbons (Fsp3) is 0.316. The zero-order valence-electron chi connectivity index (χ0n) is 14.3. The molecule has 0 bridgehead atoms. The van der Waals surface area contributed by atoms with Crippen LogP contribution in [0.1, 0.15) is 28.8 Å². The van der Waals surface area contributed by atoms with E-state index in [-0.39, 0.29) is 17.7 Å². The normalized spacial score (nSPS) is 17.0. The van der Waals surface area contributed by atoms with Crippen LogP contribution in [-0.4, -0.2) is 34.8 Å². The number of carbonyl (C=O) groups is 2. The van der Waals surface area contributed by atoms with Crippen LogP contribution >= 0.6 is 27.5 Å². The van der Waals surface area contributed by atoms with Crippen LogP contribution in [0.15, 0.2) is 41.0 Å². The van der Waals surface area contributed by atoms with Crippen LogP contribution in [0.25, 0.3) is 0 Å². The molecule has 1 fully saturated rings. The molecule has 0 saturated carbocycles. The summed E-state index contributed by atoms with van der Waals surface area (Å²) in [5.74, 6) is 0.0461. The van der Waals surface area contributed by atoms with E-state index in [9.17, 15) is 9.59 Å². The maximum absolute atomic E-state index is 12.8. The molecule has 1 aliphatic heterocycles. The molecule has 2 heterocycles. The van der Waals surface area contributed by atoms with Crippen molar-refractivity contribution in [2.24, 2.45) is 5.92 Å². The Balaban J connectivity index is 1.68. The minimum absolute atomic E-state index is 0.107. The van der Waals surface area contributed by atoms with Crippen molar-refractivity contribution in [3.63, 3.8) is 0 Å². The number of nitrogens with one attached hydrogen (secondary N) is 1. The molecular formula is C19H19BrClN3O2. The number of hydrogen-bond donors (Lipinski definition) is 1. The van der Waals surface area contributed by atoms with Gasteiger partial charge in [0, 0.05) is 28.8 Å². The standard InChI is InChI=1S/C19H19BrClN3O2/c1-12-4-7-17(22-10-12)23-18(25)13-3-2-8-24(11-13)19(26)15-9-14(21)5-6-16(15)20/h4-7,9-10,13H,2-3,8,11H2,1H3,(H,22,23,25). The number of amides is 2. The van der Waals surface area contributed by atoms with Gasteiger partial charge in [-0.2, -0.15) is 0 Å². The van der Waals surface area contributed by atoms with Crippen molar-refractivity contribution in [1.29, 1.82) is 0 Å². The van der Waals surface area contributed by atoms with Gasteiger partial charge in [0.1, 0.15) is 5.82 Å². The minimum atomic E-state index is -0.256. The third-order valence-corrected chi connectivity index (χ3v) is 5.33. The van der Waals surface area contributed by atoms with Gasteiger partial charge in [-0.25, -0.2) is 4.98 Å². The summed E-state index contributed by atoms with van der Waals surface area (Å²) >= 11 is 9.42. The molecule has 2 aromatic rings. The van der Waals surface area contributed by atoms with E-state index in [0.29, 0.717) is 34.0 Å². The Kier molecular flexibility index (Phi) is 5.94. The summed E-state index contributed by atoms with van der Waals surface area (Å²) in [4.78, 5) is 31.3. The lowest BCUT2D eigenvalue weighted by molar-refractivity contribution is -0.121. The highest BCUT2D eigenvalue weighted by atomic mass is 79.9. The van der Waals surface area contributed by atoms with E-state index in [1.807, 2.05) is 13.0 Å². The number of anilines is 1. The Morgan fingerprint density at radius 2 is 2.12 bits per heavy atom. The van der Waals surface area contributed by atoms with Crippen LogP contribution in [-0.2, 0) is 4.79 Å². The van der Waals surface area contributed by atoms with Crippen molar-refractivity contribution in [3.05, 3.63) is 57.2 Å². The number of nitrogens with zero attached hydrogens (tertiary/aromatic N) is 2. The van der Waals surface area contributed by atoms with Crippen LogP contribution in [0.4, 0.5) is 5.82 Å². The molecule has 136 valence electrons. The topological polar surface area (TPSA) is 62.3 Å². The molecule has 7 heteroatoms. The minimum Gasteiger partial charge on any atom is -0.338 e. The van der Waals surface area contributed by atoms with Gasteiger partial charge in [-0.15, -0.1) is 0 Å². The van der Waals surface area contributed by atoms with E-state index in [4.69, 9.17) is 11.6 Å². The summed E-state index contributed by atoms with van der Waals surface area (Å²) < 4.78 is 0.697. The SMILES string of the molecule is Cc1ccc(NC(=O)C2CCCN(C(=O)c3cc(Cl)ccc3Br)C2)nc1. The first-order valence-corrected chi connectivity index (χ1v) is 9.59. The average Bonchev–Trinajstić information content (AvgIpc) is 2.65. The predicted molar refractivity (Wildman–Crippen MR) is 105 cm³/mol. The fourth-order valence-corrected chi connectivity index (χ4v) is 3.57. The summed E-state index contributed by atoms with van der Waals surface area (Å²) in [5, 5.41) is 3.35. The highest BCUT2D eigenvalue weighted by Gasteiger charge is 2.29. The molecule has 1 aromatic carbocycles. The van der Waals surface area contributed by atoms with E-state index >= 15 is 0 Å². The third kappa shape index (κ3) is 4.43. The number of likely N-dealkylation sites (tertiary alicyclic amines) is 1. The molecule has 1 aromatic heterocycles. The number of hydrogen-bond acceptors (Lipinski definition) is 3. The number of benzene rings is 1. The fourth-order valence-electron chi connectivity index (χ4n) is 2.98. The van der Waals surface area contributed by atoms with Crippen molar-refractivity contribution < 1.29 is 9.59 Å². The van der Waals surface area contributed by atoms with Crippen LogP contribution in [0.2, 0.25) is 5.02 Å². The molecule has 26 heavy (non-hydrogen) atoms. The summed E-state index contributed by atoms with van der Waals surface area (Å²) in [6, 6.07) is 8.81. The van der Waals surface area contributed by atoms with Crippen molar-refractivity contribution in [3.8, 4) is 0 Å². The number of aromatic nitrogens is 1. The molecule has 1 unspecified atom stereocenters. The Morgan fingerprint density at radius 1 is 1.31 bits per heavy atom. The van der Waals surface area contributed by atoms with Gasteiger partial charge >= 0.3 is 0 Å². The molecule has 0 spiro atoms. The molecular weight excluding hydrogens is 418 g/mol. The summed E-state index contributed by atoms with van der Waals surface area (Å²) in [6.45, 7) is 2.96. The van der Waals surface area contributed by atoms with Gasteiger partial charge in [-0.05, 0) is 65.5 Å². The molecule has 1 aliphatic rings. The second-order valence-electron chi connectivity index (χ2n) is 6.42. The Morgan fingerprint density at radius 3 is 2.85 bits per heavy atom. The summed E-state index contributed by atoms with van der Waals surface area (Å²) in [6.07, 6.45) is 3.24.